The molecule has 4 heteroatoms. The van der Waals surface area contributed by atoms with E-state index in [2.05, 4.69) is 5.32 Å². The molecule has 2 heterocycles. The fourth-order valence-corrected chi connectivity index (χ4v) is 3.09. The molecule has 1 aromatic carbocycles. The number of halogens is 1. The predicted molar refractivity (Wildman–Crippen MR) is 65.9 cm³/mol. The SMILES string of the molecule is CC(NC1CC2CCC1O2)c1ccc(O)cc1F. The van der Waals surface area contributed by atoms with Crippen molar-refractivity contribution in [3.05, 3.63) is 29.6 Å². The summed E-state index contributed by atoms with van der Waals surface area (Å²) >= 11 is 0. The Balaban J connectivity index is 1.69. The first-order chi connectivity index (χ1) is 8.63. The Labute approximate surface area is 106 Å². The van der Waals surface area contributed by atoms with Gasteiger partial charge in [-0.2, -0.15) is 0 Å². The van der Waals surface area contributed by atoms with Crippen LogP contribution in [0.1, 0.15) is 37.8 Å². The molecule has 2 fully saturated rings. The monoisotopic (exact) mass is 251 g/mol. The molecule has 2 aliphatic rings. The van der Waals surface area contributed by atoms with Gasteiger partial charge in [-0.3, -0.25) is 0 Å². The lowest BCUT2D eigenvalue weighted by Gasteiger charge is -2.25. The smallest absolute Gasteiger partial charge is 0.131 e. The minimum atomic E-state index is -0.362. The molecule has 2 N–H and O–H groups in total. The summed E-state index contributed by atoms with van der Waals surface area (Å²) in [5, 5.41) is 12.6. The number of nitrogens with one attached hydrogen (secondary N) is 1. The molecular formula is C14H18FNO2. The zero-order valence-electron chi connectivity index (χ0n) is 10.4. The van der Waals surface area contributed by atoms with E-state index in [-0.39, 0.29) is 23.7 Å². The molecule has 4 unspecified atom stereocenters. The van der Waals surface area contributed by atoms with Gasteiger partial charge in [-0.05, 0) is 32.3 Å². The topological polar surface area (TPSA) is 41.5 Å². The average molecular weight is 251 g/mol. The normalized spacial score (nSPS) is 31.8. The van der Waals surface area contributed by atoms with Crippen molar-refractivity contribution >= 4 is 0 Å². The Kier molecular flexibility index (Phi) is 2.99. The van der Waals surface area contributed by atoms with E-state index in [9.17, 15) is 9.50 Å². The molecule has 0 amide bonds. The van der Waals surface area contributed by atoms with Gasteiger partial charge in [0.05, 0.1) is 12.2 Å². The van der Waals surface area contributed by atoms with Crippen molar-refractivity contribution in [3.8, 4) is 5.75 Å². The molecule has 0 spiro atoms. The number of rotatable bonds is 3. The molecule has 0 radical (unpaired) electrons. The lowest BCUT2D eigenvalue weighted by Crippen LogP contribution is -2.39. The largest absolute Gasteiger partial charge is 0.508 e. The Hall–Kier alpha value is -1.13. The first-order valence-electron chi connectivity index (χ1n) is 6.53. The molecule has 0 saturated carbocycles. The van der Waals surface area contributed by atoms with Gasteiger partial charge in [0.2, 0.25) is 0 Å². The van der Waals surface area contributed by atoms with Gasteiger partial charge < -0.3 is 15.2 Å². The second-order valence-electron chi connectivity index (χ2n) is 5.31. The van der Waals surface area contributed by atoms with Crippen molar-refractivity contribution in [1.82, 2.24) is 5.32 Å². The number of benzene rings is 1. The quantitative estimate of drug-likeness (QED) is 0.867. The minimum absolute atomic E-state index is 0.0355. The van der Waals surface area contributed by atoms with Crippen LogP contribution in [0.5, 0.6) is 5.75 Å². The maximum atomic E-state index is 13.7. The summed E-state index contributed by atoms with van der Waals surface area (Å²) < 4.78 is 19.5. The highest BCUT2D eigenvalue weighted by atomic mass is 19.1. The summed E-state index contributed by atoms with van der Waals surface area (Å²) in [6.07, 6.45) is 3.97. The Bertz CT molecular complexity index is 451. The predicted octanol–water partition coefficient (Wildman–Crippen LogP) is 2.50. The van der Waals surface area contributed by atoms with Crippen LogP contribution >= 0.6 is 0 Å². The third-order valence-corrected chi connectivity index (χ3v) is 4.02. The van der Waals surface area contributed by atoms with Crippen LogP contribution in [0.25, 0.3) is 0 Å². The van der Waals surface area contributed by atoms with Crippen LogP contribution in [0, 0.1) is 5.82 Å². The first-order valence-corrected chi connectivity index (χ1v) is 6.53. The second-order valence-corrected chi connectivity index (χ2v) is 5.31. The van der Waals surface area contributed by atoms with E-state index in [4.69, 9.17) is 4.74 Å². The van der Waals surface area contributed by atoms with Crippen molar-refractivity contribution in [2.24, 2.45) is 0 Å². The van der Waals surface area contributed by atoms with Gasteiger partial charge in [0.25, 0.3) is 0 Å². The van der Waals surface area contributed by atoms with E-state index in [1.54, 1.807) is 6.07 Å². The van der Waals surface area contributed by atoms with Crippen LogP contribution in [0.2, 0.25) is 0 Å². The fourth-order valence-electron chi connectivity index (χ4n) is 3.09. The van der Waals surface area contributed by atoms with Crippen LogP contribution in [0.15, 0.2) is 18.2 Å². The van der Waals surface area contributed by atoms with E-state index >= 15 is 0 Å². The second kappa shape index (κ2) is 4.52. The molecule has 4 atom stereocenters. The zero-order valence-corrected chi connectivity index (χ0v) is 10.4. The van der Waals surface area contributed by atoms with Gasteiger partial charge in [0, 0.05) is 23.7 Å². The fraction of sp³-hybridized carbons (Fsp3) is 0.571. The van der Waals surface area contributed by atoms with Gasteiger partial charge >= 0.3 is 0 Å². The van der Waals surface area contributed by atoms with E-state index in [1.807, 2.05) is 6.92 Å². The Morgan fingerprint density at radius 3 is 2.89 bits per heavy atom. The summed E-state index contributed by atoms with van der Waals surface area (Å²) in [4.78, 5) is 0. The maximum absolute atomic E-state index is 13.7. The van der Waals surface area contributed by atoms with Crippen LogP contribution in [-0.4, -0.2) is 23.4 Å². The van der Waals surface area contributed by atoms with Crippen LogP contribution in [-0.2, 0) is 4.74 Å². The Morgan fingerprint density at radius 1 is 1.44 bits per heavy atom. The summed E-state index contributed by atoms with van der Waals surface area (Å²) in [6.45, 7) is 1.95. The van der Waals surface area contributed by atoms with Gasteiger partial charge in [-0.25, -0.2) is 4.39 Å². The molecule has 2 bridgehead atoms. The van der Waals surface area contributed by atoms with Crippen molar-refractivity contribution < 1.29 is 14.2 Å². The van der Waals surface area contributed by atoms with Gasteiger partial charge in [0.15, 0.2) is 0 Å². The van der Waals surface area contributed by atoms with Crippen molar-refractivity contribution in [2.75, 3.05) is 0 Å². The third-order valence-electron chi connectivity index (χ3n) is 4.02. The number of ether oxygens (including phenoxy) is 1. The summed E-state index contributed by atoms with van der Waals surface area (Å²) in [6, 6.07) is 4.57. The van der Waals surface area contributed by atoms with Gasteiger partial charge in [-0.15, -0.1) is 0 Å². The summed E-state index contributed by atoms with van der Waals surface area (Å²) in [7, 11) is 0. The molecule has 18 heavy (non-hydrogen) atoms. The molecule has 0 aliphatic carbocycles. The van der Waals surface area contributed by atoms with Crippen molar-refractivity contribution in [1.29, 1.82) is 0 Å². The highest BCUT2D eigenvalue weighted by Gasteiger charge is 2.41. The minimum Gasteiger partial charge on any atom is -0.508 e. The van der Waals surface area contributed by atoms with E-state index < -0.39 is 0 Å². The highest BCUT2D eigenvalue weighted by Crippen LogP contribution is 2.35. The maximum Gasteiger partial charge on any atom is 0.131 e. The van der Waals surface area contributed by atoms with E-state index in [1.165, 1.54) is 6.07 Å². The number of phenolic OH excluding ortho intramolecular Hbond substituents is 1. The molecule has 3 nitrogen and oxygen atoms in total. The van der Waals surface area contributed by atoms with E-state index in [0.29, 0.717) is 17.7 Å². The number of hydrogen-bond donors (Lipinski definition) is 2. The first kappa shape index (κ1) is 11.9. The number of fused-ring (bicyclic) bond motifs is 2. The molecule has 2 saturated heterocycles. The molecule has 3 rings (SSSR count). The number of phenols is 1. The zero-order chi connectivity index (χ0) is 12.7. The lowest BCUT2D eigenvalue weighted by molar-refractivity contribution is 0.0962. The summed E-state index contributed by atoms with van der Waals surface area (Å²) in [5.41, 5.74) is 0.593. The number of hydrogen-bond acceptors (Lipinski definition) is 3. The molecule has 0 aromatic heterocycles. The molecular weight excluding hydrogens is 233 g/mol. The molecule has 2 aliphatic heterocycles. The lowest BCUT2D eigenvalue weighted by atomic mass is 9.94. The average Bonchev–Trinajstić information content (AvgIpc) is 2.90. The highest BCUT2D eigenvalue weighted by molar-refractivity contribution is 5.29. The Morgan fingerprint density at radius 2 is 2.28 bits per heavy atom. The van der Waals surface area contributed by atoms with Crippen LogP contribution < -0.4 is 5.32 Å². The van der Waals surface area contributed by atoms with Gasteiger partial charge in [0.1, 0.15) is 11.6 Å². The van der Waals surface area contributed by atoms with Gasteiger partial charge in [-0.1, -0.05) is 6.07 Å². The van der Waals surface area contributed by atoms with E-state index in [0.717, 1.165) is 25.3 Å². The summed E-state index contributed by atoms with van der Waals surface area (Å²) in [5.74, 6) is -0.397. The molecule has 98 valence electrons. The number of aromatic hydroxyl groups is 1. The van der Waals surface area contributed by atoms with Crippen molar-refractivity contribution in [3.63, 3.8) is 0 Å². The van der Waals surface area contributed by atoms with Crippen LogP contribution in [0.4, 0.5) is 4.39 Å². The molecule has 1 aromatic rings. The van der Waals surface area contributed by atoms with Crippen molar-refractivity contribution in [2.45, 2.75) is 50.5 Å². The third kappa shape index (κ3) is 2.10. The standard InChI is InChI=1S/C14H18FNO2/c1-8(11-4-2-9(17)6-12(11)15)16-13-7-10-3-5-14(13)18-10/h2,4,6,8,10,13-14,16-17H,3,5,7H2,1H3. The van der Waals surface area contributed by atoms with Crippen LogP contribution in [0.3, 0.4) is 0 Å².